The Balaban J connectivity index is 1.87. The average molecular weight is 376 g/mol. The Kier molecular flexibility index (Phi) is 5.50. The third kappa shape index (κ3) is 4.24. The second-order valence-corrected chi connectivity index (χ2v) is 5.74. The Morgan fingerprint density at radius 3 is 2.36 bits per heavy atom. The van der Waals surface area contributed by atoms with Crippen molar-refractivity contribution >= 4 is 22.7 Å². The Labute approximate surface area is 160 Å². The van der Waals surface area contributed by atoms with Crippen molar-refractivity contribution in [3.05, 3.63) is 84.1 Å². The number of fused-ring (bicyclic) bond motifs is 1. The minimum Gasteiger partial charge on any atom is -0.485 e. The third-order valence-electron chi connectivity index (χ3n) is 3.83. The molecule has 0 aliphatic carbocycles. The molecule has 0 saturated heterocycles. The highest BCUT2D eigenvalue weighted by atomic mass is 16.5. The predicted molar refractivity (Wildman–Crippen MR) is 104 cm³/mol. The van der Waals surface area contributed by atoms with E-state index in [-0.39, 0.29) is 23.6 Å². The zero-order valence-electron chi connectivity index (χ0n) is 14.8. The summed E-state index contributed by atoms with van der Waals surface area (Å²) in [5, 5.41) is 0.293. The van der Waals surface area contributed by atoms with Crippen molar-refractivity contribution in [1.29, 1.82) is 0 Å². The number of carbonyl (C=O) groups excluding carboxylic acids is 2. The maximum absolute atomic E-state index is 12.5. The quantitative estimate of drug-likeness (QED) is 0.355. The molecule has 3 aromatic rings. The van der Waals surface area contributed by atoms with Crippen LogP contribution in [-0.4, -0.2) is 18.4 Å². The smallest absolute Gasteiger partial charge is 0.335 e. The number of hydrogen-bond donors (Lipinski definition) is 0. The lowest BCUT2D eigenvalue weighted by atomic mass is 10.1. The SMILES string of the molecule is C=CC(=O)COc1ccc(-c2cc(=O)c3cc(OC(=O)C=C)ccc3o2)cc1. The minimum absolute atomic E-state index is 0.0906. The van der Waals surface area contributed by atoms with Gasteiger partial charge in [-0.2, -0.15) is 0 Å². The van der Waals surface area contributed by atoms with Crippen LogP contribution in [0.25, 0.3) is 22.3 Å². The summed E-state index contributed by atoms with van der Waals surface area (Å²) in [4.78, 5) is 35.0. The summed E-state index contributed by atoms with van der Waals surface area (Å²) < 4.78 is 16.2. The highest BCUT2D eigenvalue weighted by Crippen LogP contribution is 2.26. The molecule has 2 aromatic carbocycles. The summed E-state index contributed by atoms with van der Waals surface area (Å²) in [5.74, 6) is 0.283. The first kappa shape index (κ1) is 18.8. The van der Waals surface area contributed by atoms with Crippen molar-refractivity contribution in [1.82, 2.24) is 0 Å². The van der Waals surface area contributed by atoms with Gasteiger partial charge < -0.3 is 13.9 Å². The fraction of sp³-hybridized carbons (Fsp3) is 0.0455. The number of ketones is 1. The van der Waals surface area contributed by atoms with Gasteiger partial charge in [0.15, 0.2) is 17.8 Å². The summed E-state index contributed by atoms with van der Waals surface area (Å²) >= 11 is 0. The number of esters is 1. The molecule has 0 amide bonds. The molecule has 0 spiro atoms. The third-order valence-corrected chi connectivity index (χ3v) is 3.83. The van der Waals surface area contributed by atoms with Crippen LogP contribution in [0.2, 0.25) is 0 Å². The molecule has 1 aromatic heterocycles. The molecule has 0 saturated carbocycles. The molecule has 0 radical (unpaired) electrons. The molecular weight excluding hydrogens is 360 g/mol. The van der Waals surface area contributed by atoms with Crippen LogP contribution in [0.15, 0.2) is 83.1 Å². The van der Waals surface area contributed by atoms with Crippen molar-refractivity contribution in [3.8, 4) is 22.8 Å². The van der Waals surface area contributed by atoms with Crippen LogP contribution in [0.5, 0.6) is 11.5 Å². The van der Waals surface area contributed by atoms with Gasteiger partial charge in [-0.3, -0.25) is 9.59 Å². The predicted octanol–water partition coefficient (Wildman–Crippen LogP) is 3.69. The Morgan fingerprint density at radius 2 is 1.68 bits per heavy atom. The van der Waals surface area contributed by atoms with E-state index in [4.69, 9.17) is 13.9 Å². The topological polar surface area (TPSA) is 82.8 Å². The van der Waals surface area contributed by atoms with Gasteiger partial charge in [-0.15, -0.1) is 0 Å². The first-order chi connectivity index (χ1) is 13.5. The Morgan fingerprint density at radius 1 is 0.964 bits per heavy atom. The zero-order valence-corrected chi connectivity index (χ0v) is 14.8. The van der Waals surface area contributed by atoms with E-state index in [0.717, 1.165) is 6.08 Å². The summed E-state index contributed by atoms with van der Waals surface area (Å²) in [6.45, 7) is 6.62. The largest absolute Gasteiger partial charge is 0.485 e. The van der Waals surface area contributed by atoms with E-state index in [1.165, 1.54) is 24.3 Å². The summed E-state index contributed by atoms with van der Waals surface area (Å²) in [6, 6.07) is 12.7. The Bertz CT molecular complexity index is 1120. The van der Waals surface area contributed by atoms with E-state index in [2.05, 4.69) is 13.2 Å². The molecule has 0 aliphatic heterocycles. The fourth-order valence-corrected chi connectivity index (χ4v) is 2.43. The summed E-state index contributed by atoms with van der Waals surface area (Å²) in [6.07, 6.45) is 2.23. The normalized spacial score (nSPS) is 10.3. The number of hydrogen-bond acceptors (Lipinski definition) is 6. The van der Waals surface area contributed by atoms with Crippen LogP contribution in [0.4, 0.5) is 0 Å². The molecule has 3 rings (SSSR count). The summed E-state index contributed by atoms with van der Waals surface area (Å²) in [7, 11) is 0. The van der Waals surface area contributed by atoms with Crippen molar-refractivity contribution < 1.29 is 23.5 Å². The molecule has 140 valence electrons. The van der Waals surface area contributed by atoms with E-state index in [1.54, 1.807) is 30.3 Å². The summed E-state index contributed by atoms with van der Waals surface area (Å²) in [5.41, 5.74) is 0.756. The van der Waals surface area contributed by atoms with Gasteiger partial charge in [0.05, 0.1) is 5.39 Å². The van der Waals surface area contributed by atoms with E-state index < -0.39 is 5.97 Å². The first-order valence-electron chi connectivity index (χ1n) is 8.31. The number of benzene rings is 2. The van der Waals surface area contributed by atoms with Crippen LogP contribution in [0.1, 0.15) is 0 Å². The zero-order chi connectivity index (χ0) is 20.1. The van der Waals surface area contributed by atoms with Crippen molar-refractivity contribution in [2.75, 3.05) is 6.61 Å². The van der Waals surface area contributed by atoms with Gasteiger partial charge in [0.1, 0.15) is 22.8 Å². The van der Waals surface area contributed by atoms with Gasteiger partial charge in [0, 0.05) is 17.7 Å². The first-order valence-corrected chi connectivity index (χ1v) is 8.31. The number of rotatable bonds is 7. The highest BCUT2D eigenvalue weighted by molar-refractivity contribution is 5.90. The van der Waals surface area contributed by atoms with Crippen LogP contribution < -0.4 is 14.9 Å². The highest BCUT2D eigenvalue weighted by Gasteiger charge is 2.10. The molecule has 0 bridgehead atoms. The van der Waals surface area contributed by atoms with Gasteiger partial charge in [-0.25, -0.2) is 4.79 Å². The van der Waals surface area contributed by atoms with Crippen LogP contribution in [0.3, 0.4) is 0 Å². The molecule has 0 fully saturated rings. The van der Waals surface area contributed by atoms with E-state index in [9.17, 15) is 14.4 Å². The van der Waals surface area contributed by atoms with Gasteiger partial charge in [-0.1, -0.05) is 13.2 Å². The van der Waals surface area contributed by atoms with Crippen LogP contribution in [0, 0.1) is 0 Å². The molecule has 1 heterocycles. The second-order valence-electron chi connectivity index (χ2n) is 5.74. The lowest BCUT2D eigenvalue weighted by molar-refractivity contribution is -0.129. The number of ether oxygens (including phenoxy) is 2. The maximum Gasteiger partial charge on any atom is 0.335 e. The lowest BCUT2D eigenvalue weighted by Crippen LogP contribution is -2.07. The van der Waals surface area contributed by atoms with Crippen molar-refractivity contribution in [2.24, 2.45) is 0 Å². The average Bonchev–Trinajstić information content (AvgIpc) is 2.72. The molecular formula is C22H16O6. The Hall–Kier alpha value is -3.93. The number of carbonyl (C=O) groups is 2. The monoisotopic (exact) mass is 376 g/mol. The van der Waals surface area contributed by atoms with Gasteiger partial charge in [0.25, 0.3) is 0 Å². The van der Waals surface area contributed by atoms with Gasteiger partial charge in [-0.05, 0) is 48.5 Å². The van der Waals surface area contributed by atoms with E-state index in [0.29, 0.717) is 28.0 Å². The van der Waals surface area contributed by atoms with E-state index in [1.807, 2.05) is 0 Å². The minimum atomic E-state index is -0.613. The molecule has 0 aliphatic rings. The van der Waals surface area contributed by atoms with Gasteiger partial charge >= 0.3 is 5.97 Å². The molecule has 6 heteroatoms. The van der Waals surface area contributed by atoms with Crippen LogP contribution >= 0.6 is 0 Å². The maximum atomic E-state index is 12.5. The molecule has 28 heavy (non-hydrogen) atoms. The molecule has 0 atom stereocenters. The standard InChI is InChI=1S/C22H16O6/c1-3-15(23)13-26-16-7-5-14(6-8-16)21-12-19(24)18-11-17(27-22(25)4-2)9-10-20(18)28-21/h3-12H,1-2,13H2. The van der Waals surface area contributed by atoms with Gasteiger partial charge in [0.2, 0.25) is 0 Å². The van der Waals surface area contributed by atoms with Crippen LogP contribution in [-0.2, 0) is 9.59 Å². The second kappa shape index (κ2) is 8.18. The fourth-order valence-electron chi connectivity index (χ4n) is 2.43. The van der Waals surface area contributed by atoms with Crippen molar-refractivity contribution in [3.63, 3.8) is 0 Å². The van der Waals surface area contributed by atoms with E-state index >= 15 is 0 Å². The molecule has 6 nitrogen and oxygen atoms in total. The van der Waals surface area contributed by atoms with Crippen molar-refractivity contribution in [2.45, 2.75) is 0 Å². The molecule has 0 unspecified atom stereocenters. The molecule has 0 N–H and O–H groups in total. The lowest BCUT2D eigenvalue weighted by Gasteiger charge is -2.07.